The molecule has 18 heavy (non-hydrogen) atoms. The molecule has 1 aromatic rings. The lowest BCUT2D eigenvalue weighted by Gasteiger charge is -2.16. The molecule has 0 aliphatic carbocycles. The van der Waals surface area contributed by atoms with E-state index in [0.717, 1.165) is 12.1 Å². The van der Waals surface area contributed by atoms with Crippen LogP contribution in [0.15, 0.2) is 18.2 Å². The lowest BCUT2D eigenvalue weighted by Crippen LogP contribution is -2.39. The zero-order chi connectivity index (χ0) is 13.9. The van der Waals surface area contributed by atoms with Crippen molar-refractivity contribution in [3.63, 3.8) is 0 Å². The molecule has 1 rings (SSSR count). The summed E-state index contributed by atoms with van der Waals surface area (Å²) in [4.78, 5) is 21.5. The molecule has 0 fully saturated rings. The van der Waals surface area contributed by atoms with E-state index in [0.29, 0.717) is 11.3 Å². The molecule has 1 aromatic carbocycles. The van der Waals surface area contributed by atoms with E-state index in [1.165, 1.54) is 13.2 Å². The topological polar surface area (TPSA) is 43.4 Å². The molecule has 0 saturated heterocycles. The van der Waals surface area contributed by atoms with E-state index >= 15 is 0 Å². The van der Waals surface area contributed by atoms with Gasteiger partial charge in [-0.3, -0.25) is 9.59 Å². The molecule has 0 saturated carbocycles. The van der Waals surface area contributed by atoms with Gasteiger partial charge in [0.15, 0.2) is 6.29 Å². The number of carbonyl (C=O) groups is 2. The Morgan fingerprint density at radius 3 is 2.50 bits per heavy atom. The maximum Gasteiger partial charge on any atom is 0.346 e. The van der Waals surface area contributed by atoms with Crippen molar-refractivity contribution in [3.05, 3.63) is 29.3 Å². The van der Waals surface area contributed by atoms with E-state index < -0.39 is 24.2 Å². The van der Waals surface area contributed by atoms with E-state index in [1.54, 1.807) is 6.92 Å². The Hall–Kier alpha value is -1.85. The molecule has 0 aromatic heterocycles. The lowest BCUT2D eigenvalue weighted by atomic mass is 10.0. The van der Waals surface area contributed by atoms with Crippen molar-refractivity contribution in [2.45, 2.75) is 19.0 Å². The van der Waals surface area contributed by atoms with Gasteiger partial charge in [-0.2, -0.15) is 8.78 Å². The van der Waals surface area contributed by atoms with Crippen molar-refractivity contribution in [1.29, 1.82) is 0 Å². The summed E-state index contributed by atoms with van der Waals surface area (Å²) in [6, 6.07) is 3.58. The number of halogens is 3. The molecule has 1 atom stereocenters. The van der Waals surface area contributed by atoms with Crippen LogP contribution in [0.3, 0.4) is 0 Å². The highest BCUT2D eigenvalue weighted by atomic mass is 19.3. The molecule has 0 heterocycles. The number of alkyl halides is 3. The maximum absolute atomic E-state index is 13.2. The molecule has 0 amide bonds. The Balaban J connectivity index is 3.11. The van der Waals surface area contributed by atoms with Gasteiger partial charge in [0, 0.05) is 5.56 Å². The Morgan fingerprint density at radius 1 is 1.44 bits per heavy atom. The van der Waals surface area contributed by atoms with Crippen molar-refractivity contribution in [2.75, 3.05) is 7.11 Å². The minimum Gasteiger partial charge on any atom is -0.496 e. The summed E-state index contributed by atoms with van der Waals surface area (Å²) >= 11 is 0. The molecule has 0 radical (unpaired) electrons. The number of hydrogen-bond acceptors (Lipinski definition) is 3. The SMILES string of the molecule is COc1ccc(C(=O)C(F)(F)C(F)C=O)cc1C. The minimum absolute atomic E-state index is 0.372. The Labute approximate surface area is 102 Å². The molecule has 0 N–H and O–H groups in total. The summed E-state index contributed by atoms with van der Waals surface area (Å²) in [5, 5.41) is 0. The molecule has 6 heteroatoms. The fourth-order valence-electron chi connectivity index (χ4n) is 1.42. The molecule has 0 bridgehead atoms. The van der Waals surface area contributed by atoms with Gasteiger partial charge in [0.05, 0.1) is 7.11 Å². The van der Waals surface area contributed by atoms with Gasteiger partial charge in [-0.25, -0.2) is 4.39 Å². The Bertz CT molecular complexity index is 472. The first-order chi connectivity index (χ1) is 8.34. The van der Waals surface area contributed by atoms with Crippen LogP contribution < -0.4 is 4.74 Å². The van der Waals surface area contributed by atoms with Crippen LogP contribution >= 0.6 is 0 Å². The second-order valence-electron chi connectivity index (χ2n) is 3.67. The predicted molar refractivity (Wildman–Crippen MR) is 58.0 cm³/mol. The van der Waals surface area contributed by atoms with Crippen molar-refractivity contribution < 1.29 is 27.5 Å². The summed E-state index contributed by atoms with van der Waals surface area (Å²) in [6.45, 7) is 1.56. The summed E-state index contributed by atoms with van der Waals surface area (Å²) in [5.41, 5.74) is 0.0865. The van der Waals surface area contributed by atoms with Gasteiger partial charge >= 0.3 is 5.92 Å². The first-order valence-corrected chi connectivity index (χ1v) is 5.01. The monoisotopic (exact) mass is 260 g/mol. The van der Waals surface area contributed by atoms with Crippen LogP contribution in [0.25, 0.3) is 0 Å². The molecule has 0 spiro atoms. The average Bonchev–Trinajstić information content (AvgIpc) is 2.36. The zero-order valence-electron chi connectivity index (χ0n) is 9.75. The van der Waals surface area contributed by atoms with E-state index in [2.05, 4.69) is 0 Å². The van der Waals surface area contributed by atoms with Crippen LogP contribution in [-0.4, -0.2) is 31.3 Å². The number of rotatable bonds is 5. The number of aldehydes is 1. The number of benzene rings is 1. The van der Waals surface area contributed by atoms with Gasteiger partial charge < -0.3 is 4.74 Å². The van der Waals surface area contributed by atoms with Crippen LogP contribution in [0, 0.1) is 6.92 Å². The number of ether oxygens (including phenoxy) is 1. The van der Waals surface area contributed by atoms with Crippen LogP contribution in [0.1, 0.15) is 15.9 Å². The maximum atomic E-state index is 13.2. The standard InChI is InChI=1S/C12H11F3O3/c1-7-5-8(3-4-9(7)18-2)11(17)12(14,15)10(13)6-16/h3-6,10H,1-2H3. The van der Waals surface area contributed by atoms with Gasteiger partial charge in [0.1, 0.15) is 5.75 Å². The van der Waals surface area contributed by atoms with Crippen LogP contribution in [0.5, 0.6) is 5.75 Å². The van der Waals surface area contributed by atoms with Crippen LogP contribution in [0.4, 0.5) is 13.2 Å². The number of carbonyl (C=O) groups excluding carboxylic acids is 2. The number of aryl methyl sites for hydroxylation is 1. The fourth-order valence-corrected chi connectivity index (χ4v) is 1.42. The van der Waals surface area contributed by atoms with Crippen LogP contribution in [0.2, 0.25) is 0 Å². The highest BCUT2D eigenvalue weighted by molar-refractivity contribution is 6.03. The predicted octanol–water partition coefficient (Wildman–Crippen LogP) is 2.36. The second kappa shape index (κ2) is 5.20. The Morgan fingerprint density at radius 2 is 2.06 bits per heavy atom. The molecular weight excluding hydrogens is 249 g/mol. The number of Topliss-reactive ketones (excluding diaryl/α,β-unsaturated/α-hetero) is 1. The Kier molecular flexibility index (Phi) is 4.11. The normalized spacial score (nSPS) is 12.9. The summed E-state index contributed by atoms with van der Waals surface area (Å²) in [7, 11) is 1.39. The van der Waals surface area contributed by atoms with Crippen molar-refractivity contribution in [1.82, 2.24) is 0 Å². The van der Waals surface area contributed by atoms with E-state index in [1.807, 2.05) is 0 Å². The molecule has 3 nitrogen and oxygen atoms in total. The largest absolute Gasteiger partial charge is 0.496 e. The zero-order valence-corrected chi connectivity index (χ0v) is 9.75. The lowest BCUT2D eigenvalue weighted by molar-refractivity contribution is -0.122. The summed E-state index contributed by atoms with van der Waals surface area (Å²) in [5.74, 6) is -5.67. The number of ketones is 1. The highest BCUT2D eigenvalue weighted by Crippen LogP contribution is 2.27. The van der Waals surface area contributed by atoms with Gasteiger partial charge in [0.2, 0.25) is 12.0 Å². The first-order valence-electron chi connectivity index (χ1n) is 5.01. The minimum atomic E-state index is -4.36. The van der Waals surface area contributed by atoms with E-state index in [-0.39, 0.29) is 5.56 Å². The first kappa shape index (κ1) is 14.2. The van der Waals surface area contributed by atoms with Gasteiger partial charge in [-0.05, 0) is 30.7 Å². The number of methoxy groups -OCH3 is 1. The molecule has 0 aliphatic rings. The quantitative estimate of drug-likeness (QED) is 0.603. The van der Waals surface area contributed by atoms with Crippen molar-refractivity contribution >= 4 is 12.1 Å². The summed E-state index contributed by atoms with van der Waals surface area (Å²) < 4.78 is 44.1. The van der Waals surface area contributed by atoms with Crippen molar-refractivity contribution in [2.24, 2.45) is 0 Å². The third kappa shape index (κ3) is 2.52. The third-order valence-corrected chi connectivity index (χ3v) is 2.43. The fraction of sp³-hybridized carbons (Fsp3) is 0.333. The molecule has 98 valence electrons. The van der Waals surface area contributed by atoms with Crippen molar-refractivity contribution in [3.8, 4) is 5.75 Å². The molecular formula is C12H11F3O3. The van der Waals surface area contributed by atoms with Gasteiger partial charge in [-0.1, -0.05) is 0 Å². The highest BCUT2D eigenvalue weighted by Gasteiger charge is 2.48. The second-order valence-corrected chi connectivity index (χ2v) is 3.67. The third-order valence-electron chi connectivity index (χ3n) is 2.43. The van der Waals surface area contributed by atoms with Gasteiger partial charge in [-0.15, -0.1) is 0 Å². The molecule has 0 aliphatic heterocycles. The average molecular weight is 260 g/mol. The molecule has 1 unspecified atom stereocenters. The summed E-state index contributed by atoms with van der Waals surface area (Å²) in [6.07, 6.45) is -3.73. The van der Waals surface area contributed by atoms with Gasteiger partial charge in [0.25, 0.3) is 0 Å². The van der Waals surface area contributed by atoms with Crippen LogP contribution in [-0.2, 0) is 4.79 Å². The smallest absolute Gasteiger partial charge is 0.346 e. The van der Waals surface area contributed by atoms with E-state index in [9.17, 15) is 22.8 Å². The van der Waals surface area contributed by atoms with E-state index in [4.69, 9.17) is 4.74 Å². The number of hydrogen-bond donors (Lipinski definition) is 0.